The van der Waals surface area contributed by atoms with Gasteiger partial charge in [0, 0.05) is 6.54 Å². The quantitative estimate of drug-likeness (QED) is 0.842. The van der Waals surface area contributed by atoms with Gasteiger partial charge in [-0.25, -0.2) is 9.07 Å². The number of hydrogen-bond acceptors (Lipinski definition) is 4. The van der Waals surface area contributed by atoms with Crippen molar-refractivity contribution < 1.29 is 4.39 Å². The Kier molecular flexibility index (Phi) is 4.22. The Hall–Kier alpha value is -1.53. The van der Waals surface area contributed by atoms with Gasteiger partial charge >= 0.3 is 0 Å². The maximum Gasteiger partial charge on any atom is 0.185 e. The summed E-state index contributed by atoms with van der Waals surface area (Å²) in [6.45, 7) is 1.22. The summed E-state index contributed by atoms with van der Waals surface area (Å²) in [6, 6.07) is 4.76. The van der Waals surface area contributed by atoms with E-state index >= 15 is 0 Å². The number of halogens is 2. The molecule has 0 amide bonds. The Morgan fingerprint density at radius 1 is 1.33 bits per heavy atom. The number of nitrogens with zero attached hydrogens (tertiary/aromatic N) is 4. The Morgan fingerprint density at radius 3 is 2.94 bits per heavy atom. The van der Waals surface area contributed by atoms with Gasteiger partial charge in [-0.05, 0) is 41.9 Å². The van der Waals surface area contributed by atoms with Gasteiger partial charge in [-0.15, -0.1) is 5.10 Å². The number of aromatic nitrogens is 4. The van der Waals surface area contributed by atoms with E-state index in [9.17, 15) is 4.39 Å². The molecule has 5 nitrogen and oxygen atoms in total. The molecule has 0 saturated carbocycles. The average molecular weight is 270 g/mol. The average Bonchev–Trinajstić information content (AvgIpc) is 2.81. The van der Waals surface area contributed by atoms with Gasteiger partial charge in [-0.3, -0.25) is 0 Å². The van der Waals surface area contributed by atoms with Crippen LogP contribution in [0, 0.1) is 5.82 Å². The monoisotopic (exact) mass is 269 g/mol. The van der Waals surface area contributed by atoms with Gasteiger partial charge in [0.1, 0.15) is 0 Å². The summed E-state index contributed by atoms with van der Waals surface area (Å²) < 4.78 is 15.4. The van der Waals surface area contributed by atoms with Crippen molar-refractivity contribution in [3.8, 4) is 11.4 Å². The highest BCUT2D eigenvalue weighted by atomic mass is 35.5. The summed E-state index contributed by atoms with van der Waals surface area (Å²) in [6.07, 6.45) is 1.72. The molecule has 0 aliphatic heterocycles. The second kappa shape index (κ2) is 5.88. The van der Waals surface area contributed by atoms with Crippen molar-refractivity contribution in [1.82, 2.24) is 20.2 Å². The molecule has 2 N–H and O–H groups in total. The van der Waals surface area contributed by atoms with Gasteiger partial charge in [0.2, 0.25) is 0 Å². The van der Waals surface area contributed by atoms with Crippen LogP contribution in [-0.4, -0.2) is 26.8 Å². The molecule has 0 fully saturated rings. The number of nitrogens with two attached hydrogens (primary N) is 1. The van der Waals surface area contributed by atoms with Crippen LogP contribution in [0.4, 0.5) is 4.39 Å². The standard InChI is InChI=1S/C11H13ClFN5/c12-9-5-3-4-8(10(9)13)11-15-16-17-18(11)7-2-1-6-14/h3-5H,1-2,6-7,14H2. The molecule has 0 atom stereocenters. The molecule has 0 saturated heterocycles. The van der Waals surface area contributed by atoms with Crippen molar-refractivity contribution >= 4 is 11.6 Å². The van der Waals surface area contributed by atoms with Crippen LogP contribution in [0.2, 0.25) is 5.02 Å². The van der Waals surface area contributed by atoms with Crippen molar-refractivity contribution in [2.24, 2.45) is 5.73 Å². The molecule has 0 aliphatic carbocycles. The Labute approximate surface area is 109 Å². The van der Waals surface area contributed by atoms with Gasteiger partial charge in [0.05, 0.1) is 10.6 Å². The number of tetrazole rings is 1. The van der Waals surface area contributed by atoms with Crippen LogP contribution in [0.3, 0.4) is 0 Å². The van der Waals surface area contributed by atoms with E-state index in [-0.39, 0.29) is 5.02 Å². The molecule has 7 heteroatoms. The SMILES string of the molecule is NCCCCn1nnnc1-c1cccc(Cl)c1F. The minimum absolute atomic E-state index is 0.0593. The van der Waals surface area contributed by atoms with E-state index in [0.717, 1.165) is 12.8 Å². The van der Waals surface area contributed by atoms with E-state index in [0.29, 0.717) is 24.5 Å². The molecule has 0 bridgehead atoms. The molecule has 1 heterocycles. The summed E-state index contributed by atoms with van der Waals surface area (Å²) in [7, 11) is 0. The fourth-order valence-corrected chi connectivity index (χ4v) is 1.81. The van der Waals surface area contributed by atoms with Gasteiger partial charge in [-0.1, -0.05) is 17.7 Å². The molecule has 0 spiro atoms. The van der Waals surface area contributed by atoms with E-state index in [1.807, 2.05) is 0 Å². The second-order valence-corrected chi connectivity index (χ2v) is 4.23. The highest BCUT2D eigenvalue weighted by molar-refractivity contribution is 6.31. The molecule has 0 radical (unpaired) electrons. The molecule has 18 heavy (non-hydrogen) atoms. The lowest BCUT2D eigenvalue weighted by molar-refractivity contribution is 0.546. The smallest absolute Gasteiger partial charge is 0.185 e. The number of unbranched alkanes of at least 4 members (excludes halogenated alkanes) is 1. The van der Waals surface area contributed by atoms with Crippen LogP contribution in [-0.2, 0) is 6.54 Å². The van der Waals surface area contributed by atoms with Crippen molar-refractivity contribution in [3.05, 3.63) is 29.0 Å². The molecule has 0 unspecified atom stereocenters. The first-order valence-electron chi connectivity index (χ1n) is 5.64. The van der Waals surface area contributed by atoms with Crippen LogP contribution in [0.15, 0.2) is 18.2 Å². The first-order valence-corrected chi connectivity index (χ1v) is 6.02. The largest absolute Gasteiger partial charge is 0.330 e. The number of hydrogen-bond donors (Lipinski definition) is 1. The Morgan fingerprint density at radius 2 is 2.17 bits per heavy atom. The van der Waals surface area contributed by atoms with E-state index in [2.05, 4.69) is 15.5 Å². The Bertz CT molecular complexity index is 528. The molecule has 96 valence electrons. The molecule has 2 aromatic rings. The van der Waals surface area contributed by atoms with Crippen LogP contribution in [0.5, 0.6) is 0 Å². The predicted molar refractivity (Wildman–Crippen MR) is 66.5 cm³/mol. The fourth-order valence-electron chi connectivity index (χ4n) is 1.63. The lowest BCUT2D eigenvalue weighted by Gasteiger charge is -2.05. The van der Waals surface area contributed by atoms with Crippen LogP contribution >= 0.6 is 11.6 Å². The highest BCUT2D eigenvalue weighted by Gasteiger charge is 2.15. The molecule has 2 rings (SSSR count). The minimum atomic E-state index is -0.506. The van der Waals surface area contributed by atoms with E-state index in [4.69, 9.17) is 17.3 Å². The van der Waals surface area contributed by atoms with Gasteiger partial charge in [0.15, 0.2) is 11.6 Å². The van der Waals surface area contributed by atoms with E-state index in [1.165, 1.54) is 6.07 Å². The van der Waals surface area contributed by atoms with Crippen LogP contribution in [0.25, 0.3) is 11.4 Å². The molecular formula is C11H13ClFN5. The Balaban J connectivity index is 2.28. The third-order valence-corrected chi connectivity index (χ3v) is 2.84. The van der Waals surface area contributed by atoms with E-state index < -0.39 is 5.82 Å². The molecule has 0 aliphatic rings. The van der Waals surface area contributed by atoms with Gasteiger partial charge < -0.3 is 5.73 Å². The maximum atomic E-state index is 13.9. The summed E-state index contributed by atoms with van der Waals surface area (Å²) in [5.41, 5.74) is 5.73. The summed E-state index contributed by atoms with van der Waals surface area (Å²) in [5, 5.41) is 11.3. The van der Waals surface area contributed by atoms with Crippen molar-refractivity contribution in [2.75, 3.05) is 6.54 Å². The van der Waals surface area contributed by atoms with Crippen molar-refractivity contribution in [3.63, 3.8) is 0 Å². The third kappa shape index (κ3) is 2.65. The summed E-state index contributed by atoms with van der Waals surface area (Å²) >= 11 is 5.74. The van der Waals surface area contributed by atoms with Gasteiger partial charge in [-0.2, -0.15) is 0 Å². The maximum absolute atomic E-state index is 13.9. The number of rotatable bonds is 5. The predicted octanol–water partition coefficient (Wildman–Crippen LogP) is 1.87. The molecule has 1 aromatic carbocycles. The lowest BCUT2D eigenvalue weighted by atomic mass is 10.2. The molecular weight excluding hydrogens is 257 g/mol. The highest BCUT2D eigenvalue weighted by Crippen LogP contribution is 2.25. The summed E-state index contributed by atoms with van der Waals surface area (Å²) in [5.74, 6) is -0.124. The zero-order valence-electron chi connectivity index (χ0n) is 9.68. The normalized spacial score (nSPS) is 10.8. The molecule has 1 aromatic heterocycles. The third-order valence-electron chi connectivity index (χ3n) is 2.55. The van der Waals surface area contributed by atoms with Crippen molar-refractivity contribution in [1.29, 1.82) is 0 Å². The topological polar surface area (TPSA) is 69.6 Å². The number of benzene rings is 1. The summed E-state index contributed by atoms with van der Waals surface area (Å²) in [4.78, 5) is 0. The van der Waals surface area contributed by atoms with Crippen LogP contribution < -0.4 is 5.73 Å². The lowest BCUT2D eigenvalue weighted by Crippen LogP contribution is -2.06. The van der Waals surface area contributed by atoms with Crippen molar-refractivity contribution in [2.45, 2.75) is 19.4 Å². The fraction of sp³-hybridized carbons (Fsp3) is 0.364. The minimum Gasteiger partial charge on any atom is -0.330 e. The van der Waals surface area contributed by atoms with E-state index in [1.54, 1.807) is 16.8 Å². The second-order valence-electron chi connectivity index (χ2n) is 3.82. The zero-order valence-corrected chi connectivity index (χ0v) is 10.4. The van der Waals surface area contributed by atoms with Gasteiger partial charge in [0.25, 0.3) is 0 Å². The van der Waals surface area contributed by atoms with Crippen LogP contribution in [0.1, 0.15) is 12.8 Å². The first-order chi connectivity index (χ1) is 8.74. The zero-order chi connectivity index (χ0) is 13.0. The first kappa shape index (κ1) is 12.9. The number of aryl methyl sites for hydroxylation is 1.